The average Bonchev–Trinajstić information content (AvgIpc) is 3.18. The first kappa shape index (κ1) is 14.9. The van der Waals surface area contributed by atoms with E-state index in [0.717, 1.165) is 16.1 Å². The zero-order chi connectivity index (χ0) is 16.2. The quantitative estimate of drug-likeness (QED) is 0.898. The number of rotatable bonds is 2. The molecule has 2 aromatic heterocycles. The van der Waals surface area contributed by atoms with Crippen molar-refractivity contribution in [3.63, 3.8) is 0 Å². The van der Waals surface area contributed by atoms with Gasteiger partial charge in [-0.2, -0.15) is 5.10 Å². The molecule has 0 aliphatic carbocycles. The van der Waals surface area contributed by atoms with Crippen LogP contribution in [0.25, 0.3) is 0 Å². The van der Waals surface area contributed by atoms with Crippen LogP contribution in [0, 0.1) is 6.92 Å². The number of aromatic nitrogens is 2. The van der Waals surface area contributed by atoms with Crippen molar-refractivity contribution in [1.29, 1.82) is 0 Å². The van der Waals surface area contributed by atoms with Crippen LogP contribution in [0.3, 0.4) is 0 Å². The Labute approximate surface area is 138 Å². The number of thiophene rings is 1. The summed E-state index contributed by atoms with van der Waals surface area (Å²) in [6, 6.07) is 3.83. The maximum atomic E-state index is 12.2. The minimum absolute atomic E-state index is 0.00510. The molecule has 0 spiro atoms. The van der Waals surface area contributed by atoms with E-state index in [2.05, 4.69) is 10.4 Å². The fourth-order valence-corrected chi connectivity index (χ4v) is 6.07. The van der Waals surface area contributed by atoms with Crippen LogP contribution < -0.4 is 5.32 Å². The molecule has 1 saturated heterocycles. The maximum Gasteiger partial charge on any atom is 0.226 e. The number of hydrogen-bond acceptors (Lipinski definition) is 5. The Bertz CT molecular complexity index is 868. The van der Waals surface area contributed by atoms with Crippen molar-refractivity contribution in [3.05, 3.63) is 33.6 Å². The van der Waals surface area contributed by atoms with Crippen molar-refractivity contribution in [1.82, 2.24) is 9.78 Å². The summed E-state index contributed by atoms with van der Waals surface area (Å²) in [5.74, 6) is 0.927. The zero-order valence-electron chi connectivity index (χ0n) is 12.7. The molecule has 23 heavy (non-hydrogen) atoms. The van der Waals surface area contributed by atoms with Gasteiger partial charge in [0, 0.05) is 22.8 Å². The summed E-state index contributed by atoms with van der Waals surface area (Å²) in [6.07, 6.45) is 0.957. The second kappa shape index (κ2) is 5.17. The summed E-state index contributed by atoms with van der Waals surface area (Å²) >= 11 is 1.63. The van der Waals surface area contributed by atoms with E-state index in [-0.39, 0.29) is 29.4 Å². The molecule has 2 atom stereocenters. The fraction of sp³-hybridized carbons (Fsp3) is 0.467. The molecule has 4 rings (SSSR count). The third-order valence-corrected chi connectivity index (χ3v) is 7.30. The number of aryl methyl sites for hydroxylation is 1. The van der Waals surface area contributed by atoms with Crippen LogP contribution in [0.5, 0.6) is 0 Å². The standard InChI is InChI=1S/C15H17N3O3S2/c1-9-14-11(12-3-2-5-22-12)7-13(19)16-15(14)18(17-9)10-4-6-23(20,21)8-10/h2-3,5,10-11H,4,6-8H2,1H3,(H,16,19). The molecule has 2 unspecified atom stereocenters. The second-order valence-corrected chi connectivity index (χ2v) is 9.38. The highest BCUT2D eigenvalue weighted by atomic mass is 32.2. The van der Waals surface area contributed by atoms with E-state index in [1.54, 1.807) is 16.0 Å². The smallest absolute Gasteiger partial charge is 0.226 e. The minimum Gasteiger partial charge on any atom is -0.311 e. The zero-order valence-corrected chi connectivity index (χ0v) is 14.3. The van der Waals surface area contributed by atoms with E-state index in [1.165, 1.54) is 0 Å². The minimum atomic E-state index is -3.00. The Hall–Kier alpha value is -1.67. The van der Waals surface area contributed by atoms with Crippen LogP contribution in [-0.2, 0) is 14.6 Å². The van der Waals surface area contributed by atoms with Crippen molar-refractivity contribution >= 4 is 32.9 Å². The molecule has 4 heterocycles. The van der Waals surface area contributed by atoms with Gasteiger partial charge in [-0.3, -0.25) is 4.79 Å². The summed E-state index contributed by atoms with van der Waals surface area (Å²) < 4.78 is 25.3. The molecule has 1 fully saturated rings. The van der Waals surface area contributed by atoms with Crippen LogP contribution in [-0.4, -0.2) is 35.6 Å². The highest BCUT2D eigenvalue weighted by Gasteiger charge is 2.37. The number of nitrogens with one attached hydrogen (secondary N) is 1. The van der Waals surface area contributed by atoms with Crippen molar-refractivity contribution in [3.8, 4) is 0 Å². The van der Waals surface area contributed by atoms with Crippen molar-refractivity contribution in [2.24, 2.45) is 0 Å². The summed E-state index contributed by atoms with van der Waals surface area (Å²) in [7, 11) is -3.00. The van der Waals surface area contributed by atoms with Gasteiger partial charge in [-0.05, 0) is 24.8 Å². The lowest BCUT2D eigenvalue weighted by Gasteiger charge is -2.24. The fourth-order valence-electron chi connectivity index (χ4n) is 3.54. The molecule has 1 N–H and O–H groups in total. The Morgan fingerprint density at radius 2 is 2.26 bits per heavy atom. The molecule has 2 aliphatic rings. The number of fused-ring (bicyclic) bond motifs is 1. The van der Waals surface area contributed by atoms with E-state index in [9.17, 15) is 13.2 Å². The molecule has 0 radical (unpaired) electrons. The van der Waals surface area contributed by atoms with E-state index in [4.69, 9.17) is 0 Å². The van der Waals surface area contributed by atoms with E-state index >= 15 is 0 Å². The molecule has 122 valence electrons. The summed E-state index contributed by atoms with van der Waals surface area (Å²) in [5.41, 5.74) is 1.89. The summed E-state index contributed by atoms with van der Waals surface area (Å²) in [6.45, 7) is 1.93. The highest BCUT2D eigenvalue weighted by molar-refractivity contribution is 7.91. The first-order valence-corrected chi connectivity index (χ1v) is 10.3. The van der Waals surface area contributed by atoms with Gasteiger partial charge in [0.15, 0.2) is 9.84 Å². The molecule has 0 saturated carbocycles. The number of nitrogens with zero attached hydrogens (tertiary/aromatic N) is 2. The Morgan fingerprint density at radius 1 is 1.43 bits per heavy atom. The number of anilines is 1. The van der Waals surface area contributed by atoms with Crippen LogP contribution >= 0.6 is 11.3 Å². The normalized spacial score (nSPS) is 26.0. The van der Waals surface area contributed by atoms with Gasteiger partial charge in [0.1, 0.15) is 5.82 Å². The predicted molar refractivity (Wildman–Crippen MR) is 88.7 cm³/mol. The molecule has 0 aromatic carbocycles. The molecule has 2 aromatic rings. The number of hydrogen-bond donors (Lipinski definition) is 1. The van der Waals surface area contributed by atoms with Gasteiger partial charge in [-0.15, -0.1) is 11.3 Å². The molecular formula is C15H17N3O3S2. The molecule has 1 amide bonds. The van der Waals surface area contributed by atoms with Crippen LogP contribution in [0.15, 0.2) is 17.5 Å². The summed E-state index contributed by atoms with van der Waals surface area (Å²) in [5, 5.41) is 9.50. The van der Waals surface area contributed by atoms with Gasteiger partial charge < -0.3 is 5.32 Å². The molecular weight excluding hydrogens is 334 g/mol. The van der Waals surface area contributed by atoms with E-state index < -0.39 is 9.84 Å². The number of sulfone groups is 1. The third kappa shape index (κ3) is 2.49. The van der Waals surface area contributed by atoms with Gasteiger partial charge in [0.25, 0.3) is 0 Å². The first-order valence-electron chi connectivity index (χ1n) is 7.57. The average molecular weight is 351 g/mol. The molecule has 6 nitrogen and oxygen atoms in total. The van der Waals surface area contributed by atoms with Gasteiger partial charge in [-0.1, -0.05) is 6.07 Å². The van der Waals surface area contributed by atoms with Crippen molar-refractivity contribution in [2.75, 3.05) is 16.8 Å². The van der Waals surface area contributed by atoms with Crippen LogP contribution in [0.1, 0.15) is 40.9 Å². The lowest BCUT2D eigenvalue weighted by Crippen LogP contribution is -2.26. The third-order valence-electron chi connectivity index (χ3n) is 4.57. The van der Waals surface area contributed by atoms with Crippen molar-refractivity contribution in [2.45, 2.75) is 31.7 Å². The molecule has 0 bridgehead atoms. The lowest BCUT2D eigenvalue weighted by atomic mass is 9.90. The van der Waals surface area contributed by atoms with Gasteiger partial charge in [-0.25, -0.2) is 13.1 Å². The monoisotopic (exact) mass is 351 g/mol. The van der Waals surface area contributed by atoms with Crippen LogP contribution in [0.2, 0.25) is 0 Å². The Balaban J connectivity index is 1.81. The summed E-state index contributed by atoms with van der Waals surface area (Å²) in [4.78, 5) is 13.3. The van der Waals surface area contributed by atoms with Gasteiger partial charge >= 0.3 is 0 Å². The number of carbonyl (C=O) groups excluding carboxylic acids is 1. The predicted octanol–water partition coefficient (Wildman–Crippen LogP) is 2.09. The second-order valence-electron chi connectivity index (χ2n) is 6.17. The van der Waals surface area contributed by atoms with E-state index in [0.29, 0.717) is 18.7 Å². The number of amides is 1. The Kier molecular flexibility index (Phi) is 3.35. The topological polar surface area (TPSA) is 81.1 Å². The van der Waals surface area contributed by atoms with E-state index in [1.807, 2.05) is 24.4 Å². The van der Waals surface area contributed by atoms with Crippen molar-refractivity contribution < 1.29 is 13.2 Å². The number of carbonyl (C=O) groups is 1. The first-order chi connectivity index (χ1) is 10.9. The largest absolute Gasteiger partial charge is 0.311 e. The van der Waals surface area contributed by atoms with Crippen LogP contribution in [0.4, 0.5) is 5.82 Å². The van der Waals surface area contributed by atoms with Gasteiger partial charge in [0.2, 0.25) is 5.91 Å². The maximum absolute atomic E-state index is 12.2. The Morgan fingerprint density at radius 3 is 2.91 bits per heavy atom. The van der Waals surface area contributed by atoms with Gasteiger partial charge in [0.05, 0.1) is 23.2 Å². The highest BCUT2D eigenvalue weighted by Crippen LogP contribution is 2.42. The lowest BCUT2D eigenvalue weighted by molar-refractivity contribution is -0.116. The SMILES string of the molecule is Cc1nn(C2CCS(=O)(=O)C2)c2c1C(c1cccs1)CC(=O)N2. The molecule has 2 aliphatic heterocycles. The molecule has 8 heteroatoms.